The third kappa shape index (κ3) is 4.09. The van der Waals surface area contributed by atoms with Crippen LogP contribution in [-0.4, -0.2) is 16.9 Å². The average molecular weight is 271 g/mol. The second-order valence-electron chi connectivity index (χ2n) is 3.45. The lowest BCUT2D eigenvalue weighted by Crippen LogP contribution is -2.16. The molecule has 0 fully saturated rings. The van der Waals surface area contributed by atoms with Crippen molar-refractivity contribution in [2.45, 2.75) is 33.0 Å². The third-order valence-corrected chi connectivity index (χ3v) is 2.08. The lowest BCUT2D eigenvalue weighted by Gasteiger charge is -2.15. The van der Waals surface area contributed by atoms with Gasteiger partial charge in [-0.15, -0.1) is 0 Å². The van der Waals surface area contributed by atoms with Crippen LogP contribution in [0.25, 0.3) is 0 Å². The van der Waals surface area contributed by atoms with Crippen LogP contribution >= 0.6 is 0 Å². The molecule has 19 heavy (non-hydrogen) atoms. The van der Waals surface area contributed by atoms with Crippen molar-refractivity contribution < 1.29 is 28.4 Å². The number of hydrogen-bond acceptors (Lipinski definition) is 7. The minimum atomic E-state index is -1.41. The van der Waals surface area contributed by atoms with E-state index in [1.165, 1.54) is 6.07 Å². The molecule has 0 spiro atoms. The molecule has 1 rings (SSSR count). The summed E-state index contributed by atoms with van der Waals surface area (Å²) >= 11 is 0. The molecule has 8 nitrogen and oxygen atoms in total. The van der Waals surface area contributed by atoms with E-state index < -0.39 is 29.0 Å². The lowest BCUT2D eigenvalue weighted by atomic mass is 10.4. The first-order valence-electron chi connectivity index (χ1n) is 5.61. The van der Waals surface area contributed by atoms with Crippen LogP contribution in [0.3, 0.4) is 0 Å². The Morgan fingerprint density at radius 3 is 2.16 bits per heavy atom. The molecule has 1 aromatic rings. The Bertz CT molecular complexity index is 461. The molecule has 0 radical (unpaired) electrons. The number of hydrogen-bond donors (Lipinski definition) is 0. The van der Waals surface area contributed by atoms with Crippen molar-refractivity contribution in [2.24, 2.45) is 0 Å². The molecule has 0 saturated heterocycles. The van der Waals surface area contributed by atoms with Gasteiger partial charge in [-0.1, -0.05) is 13.8 Å². The fraction of sp³-hybridized carbons (Fsp3) is 0.455. The zero-order valence-corrected chi connectivity index (χ0v) is 10.5. The highest BCUT2D eigenvalue weighted by atomic mass is 16.7. The average Bonchev–Trinajstić information content (AvgIpc) is 2.87. The van der Waals surface area contributed by atoms with E-state index in [9.17, 15) is 19.7 Å². The molecule has 0 aromatic carbocycles. The van der Waals surface area contributed by atoms with Gasteiger partial charge in [-0.3, -0.25) is 19.7 Å². The van der Waals surface area contributed by atoms with Gasteiger partial charge in [-0.05, 0) is 6.07 Å². The summed E-state index contributed by atoms with van der Waals surface area (Å²) in [6.45, 7) is 3.12. The van der Waals surface area contributed by atoms with E-state index in [0.29, 0.717) is 0 Å². The van der Waals surface area contributed by atoms with Gasteiger partial charge in [0.1, 0.15) is 4.92 Å². The van der Waals surface area contributed by atoms with Crippen LogP contribution in [0.1, 0.15) is 38.7 Å². The van der Waals surface area contributed by atoms with Gasteiger partial charge >= 0.3 is 24.1 Å². The van der Waals surface area contributed by atoms with Crippen LogP contribution in [0.4, 0.5) is 5.88 Å². The van der Waals surface area contributed by atoms with Gasteiger partial charge in [0.25, 0.3) is 0 Å². The molecule has 0 N–H and O–H groups in total. The maximum atomic E-state index is 11.2. The van der Waals surface area contributed by atoms with Crippen molar-refractivity contribution in [3.63, 3.8) is 0 Å². The molecule has 0 saturated carbocycles. The Balaban J connectivity index is 2.90. The van der Waals surface area contributed by atoms with E-state index in [-0.39, 0.29) is 18.6 Å². The highest BCUT2D eigenvalue weighted by Crippen LogP contribution is 2.26. The maximum absolute atomic E-state index is 11.2. The molecule has 8 heteroatoms. The molecule has 0 bridgehead atoms. The molecule has 0 aliphatic rings. The van der Waals surface area contributed by atoms with Gasteiger partial charge in [0.2, 0.25) is 0 Å². The van der Waals surface area contributed by atoms with Crippen LogP contribution in [-0.2, 0) is 19.1 Å². The number of ether oxygens (including phenoxy) is 2. The molecular weight excluding hydrogens is 258 g/mol. The van der Waals surface area contributed by atoms with E-state index >= 15 is 0 Å². The monoisotopic (exact) mass is 271 g/mol. The summed E-state index contributed by atoms with van der Waals surface area (Å²) in [5, 5.41) is 10.5. The molecule has 1 aromatic heterocycles. The number of esters is 2. The summed E-state index contributed by atoms with van der Waals surface area (Å²) in [5.74, 6) is -1.88. The summed E-state index contributed by atoms with van der Waals surface area (Å²) in [5.41, 5.74) is 0. The lowest BCUT2D eigenvalue weighted by molar-refractivity contribution is -0.402. The normalized spacial score (nSPS) is 10.3. The molecule has 104 valence electrons. The van der Waals surface area contributed by atoms with Gasteiger partial charge < -0.3 is 13.9 Å². The van der Waals surface area contributed by atoms with E-state index in [4.69, 9.17) is 13.9 Å². The van der Waals surface area contributed by atoms with Gasteiger partial charge in [0.15, 0.2) is 5.76 Å². The summed E-state index contributed by atoms with van der Waals surface area (Å²) in [4.78, 5) is 32.2. The molecule has 0 amide bonds. The van der Waals surface area contributed by atoms with Gasteiger partial charge in [0, 0.05) is 12.8 Å². The van der Waals surface area contributed by atoms with Crippen molar-refractivity contribution in [1.82, 2.24) is 0 Å². The number of nitro groups is 1. The van der Waals surface area contributed by atoms with Crippen molar-refractivity contribution in [1.29, 1.82) is 0 Å². The summed E-state index contributed by atoms with van der Waals surface area (Å²) in [6, 6.07) is 2.30. The number of rotatable bonds is 6. The maximum Gasteiger partial charge on any atom is 0.433 e. The Morgan fingerprint density at radius 2 is 1.79 bits per heavy atom. The second-order valence-corrected chi connectivity index (χ2v) is 3.45. The minimum absolute atomic E-state index is 0.0724. The smallest absolute Gasteiger partial charge is 0.417 e. The zero-order valence-electron chi connectivity index (χ0n) is 10.5. The molecule has 0 atom stereocenters. The van der Waals surface area contributed by atoms with Crippen molar-refractivity contribution >= 4 is 17.8 Å². The van der Waals surface area contributed by atoms with E-state index in [1.54, 1.807) is 13.8 Å². The first-order chi connectivity index (χ1) is 8.97. The predicted molar refractivity (Wildman–Crippen MR) is 60.9 cm³/mol. The molecule has 0 aliphatic carbocycles. The molecular formula is C11H13NO7. The largest absolute Gasteiger partial charge is 0.433 e. The molecule has 0 aliphatic heterocycles. The standard InChI is InChI=1S/C11H13NO7/c1-3-9(13)18-11(19-10(14)4-2)7-5-6-8(17-7)12(15)16/h5-6,11H,3-4H2,1-2H3. The first kappa shape index (κ1) is 14.7. The second kappa shape index (κ2) is 6.53. The fourth-order valence-corrected chi connectivity index (χ4v) is 1.11. The van der Waals surface area contributed by atoms with E-state index in [0.717, 1.165) is 6.07 Å². The van der Waals surface area contributed by atoms with Crippen LogP contribution in [0.15, 0.2) is 16.5 Å². The van der Waals surface area contributed by atoms with Crippen molar-refractivity contribution in [3.05, 3.63) is 28.0 Å². The summed E-state index contributed by atoms with van der Waals surface area (Å²) in [7, 11) is 0. The van der Waals surface area contributed by atoms with Gasteiger partial charge in [0.05, 0.1) is 6.07 Å². The third-order valence-electron chi connectivity index (χ3n) is 2.08. The van der Waals surface area contributed by atoms with Crippen molar-refractivity contribution in [2.75, 3.05) is 0 Å². The number of nitrogens with zero attached hydrogens (tertiary/aromatic N) is 1. The van der Waals surface area contributed by atoms with Gasteiger partial charge in [-0.25, -0.2) is 0 Å². The number of carbonyl (C=O) groups is 2. The predicted octanol–water partition coefficient (Wildman–Crippen LogP) is 2.09. The highest BCUT2D eigenvalue weighted by Gasteiger charge is 2.26. The number of furan rings is 1. The minimum Gasteiger partial charge on any atom is -0.417 e. The Labute approximate surface area is 108 Å². The SMILES string of the molecule is CCC(=O)OC(OC(=O)CC)c1ccc([N+](=O)[O-])o1. The first-order valence-corrected chi connectivity index (χ1v) is 5.61. The topological polar surface area (TPSA) is 109 Å². The number of carbonyl (C=O) groups excluding carboxylic acids is 2. The summed E-state index contributed by atoms with van der Waals surface area (Å²) in [6.07, 6.45) is -1.26. The quantitative estimate of drug-likeness (QED) is 0.337. The molecule has 0 unspecified atom stereocenters. The fourth-order valence-electron chi connectivity index (χ4n) is 1.11. The Morgan fingerprint density at radius 1 is 1.26 bits per heavy atom. The van der Waals surface area contributed by atoms with Gasteiger partial charge in [-0.2, -0.15) is 0 Å². The summed E-state index contributed by atoms with van der Waals surface area (Å²) < 4.78 is 14.6. The van der Waals surface area contributed by atoms with Crippen LogP contribution < -0.4 is 0 Å². The van der Waals surface area contributed by atoms with Crippen LogP contribution in [0, 0.1) is 10.1 Å². The molecule has 1 heterocycles. The van der Waals surface area contributed by atoms with E-state index in [1.807, 2.05) is 0 Å². The van der Waals surface area contributed by atoms with Crippen molar-refractivity contribution in [3.8, 4) is 0 Å². The van der Waals surface area contributed by atoms with E-state index in [2.05, 4.69) is 0 Å². The Hall–Kier alpha value is -2.38. The van der Waals surface area contributed by atoms with Crippen LogP contribution in [0.5, 0.6) is 0 Å². The highest BCUT2D eigenvalue weighted by molar-refractivity contribution is 5.71. The van der Waals surface area contributed by atoms with Crippen LogP contribution in [0.2, 0.25) is 0 Å². The Kier molecular flexibility index (Phi) is 5.04. The zero-order chi connectivity index (χ0) is 14.4.